The van der Waals surface area contributed by atoms with Crippen LogP contribution in [-0.4, -0.2) is 25.1 Å². The lowest BCUT2D eigenvalue weighted by Gasteiger charge is -2.20. The summed E-state index contributed by atoms with van der Waals surface area (Å²) in [7, 11) is 1.66. The second kappa shape index (κ2) is 8.66. The van der Waals surface area contributed by atoms with E-state index in [2.05, 4.69) is 24.4 Å². The average Bonchev–Trinajstić information content (AvgIpc) is 3.05. The van der Waals surface area contributed by atoms with E-state index < -0.39 is 0 Å². The number of aliphatic imine (C=N–C) groups is 1. The first-order valence-electron chi connectivity index (χ1n) is 9.46. The van der Waals surface area contributed by atoms with E-state index in [1.165, 1.54) is 5.56 Å². The Morgan fingerprint density at radius 2 is 1.89 bits per heavy atom. The van der Waals surface area contributed by atoms with Crippen LogP contribution in [-0.2, 0) is 0 Å². The van der Waals surface area contributed by atoms with Gasteiger partial charge in [-0.1, -0.05) is 37.1 Å². The SMILES string of the molecule is CCC[C@H]1N=C(c2ccc(OC)cc2OC(C)C)N[C@H]1c1ccc(Cl)cc1. The van der Waals surface area contributed by atoms with Crippen LogP contribution in [0.4, 0.5) is 0 Å². The van der Waals surface area contributed by atoms with E-state index >= 15 is 0 Å². The van der Waals surface area contributed by atoms with Crippen LogP contribution in [0.2, 0.25) is 5.02 Å². The number of halogens is 1. The molecule has 5 heteroatoms. The molecule has 4 nitrogen and oxygen atoms in total. The molecule has 0 bridgehead atoms. The molecule has 1 aliphatic rings. The fourth-order valence-electron chi connectivity index (χ4n) is 3.35. The van der Waals surface area contributed by atoms with Gasteiger partial charge in [-0.3, -0.25) is 4.99 Å². The first-order valence-corrected chi connectivity index (χ1v) is 9.84. The van der Waals surface area contributed by atoms with Crippen LogP contribution in [0.15, 0.2) is 47.5 Å². The van der Waals surface area contributed by atoms with Crippen molar-refractivity contribution in [1.82, 2.24) is 5.32 Å². The summed E-state index contributed by atoms with van der Waals surface area (Å²) in [5.41, 5.74) is 2.15. The predicted molar refractivity (Wildman–Crippen MR) is 111 cm³/mol. The first kappa shape index (κ1) is 19.6. The number of benzene rings is 2. The molecule has 0 amide bonds. The summed E-state index contributed by atoms with van der Waals surface area (Å²) in [6, 6.07) is 14.2. The Morgan fingerprint density at radius 3 is 2.52 bits per heavy atom. The van der Waals surface area contributed by atoms with Gasteiger partial charge in [0.1, 0.15) is 17.3 Å². The molecule has 0 saturated carbocycles. The van der Waals surface area contributed by atoms with Crippen molar-refractivity contribution < 1.29 is 9.47 Å². The highest BCUT2D eigenvalue weighted by Crippen LogP contribution is 2.33. The summed E-state index contributed by atoms with van der Waals surface area (Å²) in [4.78, 5) is 5.00. The van der Waals surface area contributed by atoms with E-state index in [-0.39, 0.29) is 18.2 Å². The Hall–Kier alpha value is -2.20. The monoisotopic (exact) mass is 386 g/mol. The van der Waals surface area contributed by atoms with Gasteiger partial charge in [0.05, 0.1) is 30.9 Å². The summed E-state index contributed by atoms with van der Waals surface area (Å²) in [6.07, 6.45) is 2.15. The molecule has 1 N–H and O–H groups in total. The van der Waals surface area contributed by atoms with Gasteiger partial charge in [-0.15, -0.1) is 0 Å². The van der Waals surface area contributed by atoms with Gasteiger partial charge in [-0.05, 0) is 50.1 Å². The zero-order valence-corrected chi connectivity index (χ0v) is 17.1. The smallest absolute Gasteiger partial charge is 0.134 e. The average molecular weight is 387 g/mol. The lowest BCUT2D eigenvalue weighted by Crippen LogP contribution is -2.27. The molecular weight excluding hydrogens is 360 g/mol. The molecule has 0 saturated heterocycles. The molecule has 3 rings (SSSR count). The second-order valence-corrected chi connectivity index (χ2v) is 7.47. The van der Waals surface area contributed by atoms with E-state index in [4.69, 9.17) is 26.1 Å². The Labute approximate surface area is 166 Å². The van der Waals surface area contributed by atoms with Crippen molar-refractivity contribution in [3.05, 3.63) is 58.6 Å². The van der Waals surface area contributed by atoms with Crippen LogP contribution >= 0.6 is 11.6 Å². The van der Waals surface area contributed by atoms with Crippen molar-refractivity contribution >= 4 is 17.4 Å². The normalized spacial score (nSPS) is 19.0. The Balaban J connectivity index is 1.94. The van der Waals surface area contributed by atoms with Crippen molar-refractivity contribution in [2.45, 2.75) is 51.8 Å². The molecule has 2 aromatic rings. The van der Waals surface area contributed by atoms with Gasteiger partial charge in [0.15, 0.2) is 0 Å². The Kier molecular flexibility index (Phi) is 6.27. The highest BCUT2D eigenvalue weighted by Gasteiger charge is 2.31. The molecule has 27 heavy (non-hydrogen) atoms. The summed E-state index contributed by atoms with van der Waals surface area (Å²) in [6.45, 7) is 6.22. The molecule has 0 radical (unpaired) electrons. The molecule has 1 aliphatic heterocycles. The Bertz CT molecular complexity index is 802. The van der Waals surface area contributed by atoms with Crippen molar-refractivity contribution in [2.75, 3.05) is 7.11 Å². The zero-order chi connectivity index (χ0) is 19.4. The lowest BCUT2D eigenvalue weighted by atomic mass is 9.97. The quantitative estimate of drug-likeness (QED) is 0.693. The maximum atomic E-state index is 6.06. The molecule has 0 fully saturated rings. The molecule has 0 spiro atoms. The van der Waals surface area contributed by atoms with Crippen molar-refractivity contribution in [3.8, 4) is 11.5 Å². The van der Waals surface area contributed by atoms with Gasteiger partial charge in [0.2, 0.25) is 0 Å². The minimum Gasteiger partial charge on any atom is -0.497 e. The molecule has 2 atom stereocenters. The maximum absolute atomic E-state index is 6.06. The minimum absolute atomic E-state index is 0.0661. The summed E-state index contributed by atoms with van der Waals surface area (Å²) in [5.74, 6) is 2.42. The van der Waals surface area contributed by atoms with Crippen LogP contribution in [0, 0.1) is 0 Å². The van der Waals surface area contributed by atoms with E-state index in [9.17, 15) is 0 Å². The van der Waals surface area contributed by atoms with Crippen LogP contribution in [0.5, 0.6) is 11.5 Å². The number of ether oxygens (including phenoxy) is 2. The fraction of sp³-hybridized carbons (Fsp3) is 0.409. The Morgan fingerprint density at radius 1 is 1.15 bits per heavy atom. The van der Waals surface area contributed by atoms with Gasteiger partial charge < -0.3 is 14.8 Å². The van der Waals surface area contributed by atoms with Gasteiger partial charge >= 0.3 is 0 Å². The number of hydrogen-bond donors (Lipinski definition) is 1. The fourth-order valence-corrected chi connectivity index (χ4v) is 3.47. The number of nitrogens with zero attached hydrogens (tertiary/aromatic N) is 1. The standard InChI is InChI=1S/C22H27ClN2O2/c1-5-6-19-21(15-7-9-16(23)10-8-15)25-22(24-19)18-12-11-17(26-4)13-20(18)27-14(2)3/h7-14,19,21H,5-6H2,1-4H3,(H,24,25)/t19-,21+/m1/s1. The highest BCUT2D eigenvalue weighted by molar-refractivity contribution is 6.30. The topological polar surface area (TPSA) is 42.9 Å². The van der Waals surface area contributed by atoms with E-state index in [1.807, 2.05) is 44.2 Å². The van der Waals surface area contributed by atoms with E-state index in [1.54, 1.807) is 7.11 Å². The van der Waals surface area contributed by atoms with Crippen LogP contribution < -0.4 is 14.8 Å². The summed E-state index contributed by atoms with van der Waals surface area (Å²) >= 11 is 6.06. The van der Waals surface area contributed by atoms with Crippen LogP contribution in [0.1, 0.15) is 50.8 Å². The number of nitrogens with one attached hydrogen (secondary N) is 1. The molecule has 1 heterocycles. The first-order chi connectivity index (χ1) is 13.0. The number of methoxy groups -OCH3 is 1. The second-order valence-electron chi connectivity index (χ2n) is 7.04. The molecule has 0 aromatic heterocycles. The molecule has 2 aromatic carbocycles. The minimum atomic E-state index is 0.0661. The maximum Gasteiger partial charge on any atom is 0.134 e. The zero-order valence-electron chi connectivity index (χ0n) is 16.3. The molecular formula is C22H27ClN2O2. The van der Waals surface area contributed by atoms with Crippen LogP contribution in [0.3, 0.4) is 0 Å². The predicted octanol–water partition coefficient (Wildman–Crippen LogP) is 5.40. The van der Waals surface area contributed by atoms with Crippen LogP contribution in [0.25, 0.3) is 0 Å². The van der Waals surface area contributed by atoms with Crippen molar-refractivity contribution in [3.63, 3.8) is 0 Å². The van der Waals surface area contributed by atoms with Crippen molar-refractivity contribution in [2.24, 2.45) is 4.99 Å². The lowest BCUT2D eigenvalue weighted by molar-refractivity contribution is 0.240. The third kappa shape index (κ3) is 4.56. The molecule has 0 aliphatic carbocycles. The number of amidine groups is 1. The largest absolute Gasteiger partial charge is 0.497 e. The molecule has 144 valence electrons. The number of hydrogen-bond acceptors (Lipinski definition) is 4. The third-order valence-corrected chi connectivity index (χ3v) is 4.84. The molecule has 0 unspecified atom stereocenters. The summed E-state index contributed by atoms with van der Waals surface area (Å²) < 4.78 is 11.4. The van der Waals surface area contributed by atoms with Gasteiger partial charge in [0.25, 0.3) is 0 Å². The van der Waals surface area contributed by atoms with Crippen molar-refractivity contribution in [1.29, 1.82) is 0 Å². The number of rotatable bonds is 7. The van der Waals surface area contributed by atoms with Gasteiger partial charge in [-0.25, -0.2) is 0 Å². The highest BCUT2D eigenvalue weighted by atomic mass is 35.5. The summed E-state index contributed by atoms with van der Waals surface area (Å²) in [5, 5.41) is 4.36. The van der Waals surface area contributed by atoms with E-state index in [0.717, 1.165) is 40.8 Å². The third-order valence-electron chi connectivity index (χ3n) is 4.59. The van der Waals surface area contributed by atoms with Gasteiger partial charge in [0, 0.05) is 11.1 Å². The van der Waals surface area contributed by atoms with Gasteiger partial charge in [-0.2, -0.15) is 0 Å². The van der Waals surface area contributed by atoms with E-state index in [0.29, 0.717) is 0 Å².